The zero-order valence-corrected chi connectivity index (χ0v) is 6.91. The molecular formula is C4H4O4Zr. The second kappa shape index (κ2) is 4.56. The molecule has 0 aliphatic heterocycles. The third kappa shape index (κ3) is 5.57. The van der Waals surface area contributed by atoms with E-state index in [-0.39, 0.29) is 0 Å². The third-order valence-electron chi connectivity index (χ3n) is 0.545. The fourth-order valence-corrected chi connectivity index (χ4v) is 0.840. The zero-order valence-electron chi connectivity index (χ0n) is 4.46. The van der Waals surface area contributed by atoms with E-state index in [2.05, 4.69) is 0 Å². The van der Waals surface area contributed by atoms with E-state index in [4.69, 9.17) is 5.11 Å². The van der Waals surface area contributed by atoms with Crippen LogP contribution in [0, 0.1) is 0 Å². The van der Waals surface area contributed by atoms with Crippen LogP contribution in [0.1, 0.15) is 6.42 Å². The van der Waals surface area contributed by atoms with Crippen LogP contribution < -0.4 is 0 Å². The van der Waals surface area contributed by atoms with Gasteiger partial charge in [-0.3, -0.25) is 0 Å². The Morgan fingerprint density at radius 1 is 1.56 bits per heavy atom. The SMILES string of the molecule is [O]=[Zr]=[CH]C(=O)CC(=O)O. The molecule has 0 saturated heterocycles. The predicted octanol–water partition coefficient (Wildman–Crippen LogP) is -0.740. The van der Waals surface area contributed by atoms with Gasteiger partial charge in [-0.15, -0.1) is 0 Å². The van der Waals surface area contributed by atoms with Crippen molar-refractivity contribution in [3.05, 3.63) is 0 Å². The number of Topliss-reactive ketones (excluding diaryl/α,β-unsaturated/α-hetero) is 1. The molecule has 0 bridgehead atoms. The number of carboxylic acid groups (broad SMARTS) is 1. The topological polar surface area (TPSA) is 71.4 Å². The van der Waals surface area contributed by atoms with Crippen molar-refractivity contribution in [3.63, 3.8) is 0 Å². The van der Waals surface area contributed by atoms with Crippen LogP contribution in [0.2, 0.25) is 0 Å². The van der Waals surface area contributed by atoms with Crippen molar-refractivity contribution in [2.75, 3.05) is 0 Å². The van der Waals surface area contributed by atoms with E-state index in [1.54, 1.807) is 0 Å². The van der Waals surface area contributed by atoms with Gasteiger partial charge in [-0.25, -0.2) is 0 Å². The number of hydrogen-bond acceptors (Lipinski definition) is 3. The van der Waals surface area contributed by atoms with Crippen molar-refractivity contribution in [1.82, 2.24) is 0 Å². The van der Waals surface area contributed by atoms with Crippen molar-refractivity contribution in [3.8, 4) is 0 Å². The summed E-state index contributed by atoms with van der Waals surface area (Å²) >= 11 is -1.89. The summed E-state index contributed by atoms with van der Waals surface area (Å²) in [5, 5.41) is 7.99. The van der Waals surface area contributed by atoms with Crippen LogP contribution in [-0.4, -0.2) is 20.6 Å². The molecule has 0 aliphatic carbocycles. The van der Waals surface area contributed by atoms with Gasteiger partial charge in [-0.05, 0) is 0 Å². The van der Waals surface area contributed by atoms with Gasteiger partial charge in [0.15, 0.2) is 0 Å². The number of carbonyl (C=O) groups excluding carboxylic acids is 1. The number of carbonyl (C=O) groups is 2. The molecule has 1 N–H and O–H groups in total. The molecule has 5 heteroatoms. The molecule has 0 fully saturated rings. The van der Waals surface area contributed by atoms with Crippen molar-refractivity contribution < 1.29 is 40.3 Å². The summed E-state index contributed by atoms with van der Waals surface area (Å²) in [5.41, 5.74) is 0. The van der Waals surface area contributed by atoms with Crippen molar-refractivity contribution in [2.24, 2.45) is 0 Å². The van der Waals surface area contributed by atoms with Crippen molar-refractivity contribution in [1.29, 1.82) is 0 Å². The van der Waals surface area contributed by atoms with Gasteiger partial charge in [0.1, 0.15) is 0 Å². The number of hydrogen-bond donors (Lipinski definition) is 1. The Kier molecular flexibility index (Phi) is 4.40. The molecule has 0 rings (SSSR count). The average Bonchev–Trinajstić information content (AvgIpc) is 1.63. The minimum absolute atomic E-state index is 0.539. The summed E-state index contributed by atoms with van der Waals surface area (Å²) in [6.07, 6.45) is -0.539. The molecule has 48 valence electrons. The summed E-state index contributed by atoms with van der Waals surface area (Å²) in [4.78, 5) is 20.0. The molecule has 0 aromatic heterocycles. The van der Waals surface area contributed by atoms with Crippen LogP contribution in [0.15, 0.2) is 0 Å². The fraction of sp³-hybridized carbons (Fsp3) is 0.250. The van der Waals surface area contributed by atoms with Gasteiger partial charge in [0.05, 0.1) is 0 Å². The Hall–Kier alpha value is -0.307. The molecule has 0 heterocycles. The summed E-state index contributed by atoms with van der Waals surface area (Å²) < 4.78 is 10.8. The second-order valence-electron chi connectivity index (χ2n) is 1.30. The molecule has 0 aliphatic rings. The monoisotopic (exact) mass is 206 g/mol. The molecule has 4 nitrogen and oxygen atoms in total. The maximum absolute atomic E-state index is 10.3. The van der Waals surface area contributed by atoms with Gasteiger partial charge in [0.2, 0.25) is 0 Å². The Morgan fingerprint density at radius 3 is 2.44 bits per heavy atom. The van der Waals surface area contributed by atoms with E-state index in [0.717, 1.165) is 3.71 Å². The zero-order chi connectivity index (χ0) is 7.28. The molecule has 0 atom stereocenters. The van der Waals surface area contributed by atoms with Gasteiger partial charge in [-0.2, -0.15) is 0 Å². The van der Waals surface area contributed by atoms with Gasteiger partial charge in [0.25, 0.3) is 0 Å². The van der Waals surface area contributed by atoms with Crippen molar-refractivity contribution >= 4 is 15.5 Å². The van der Waals surface area contributed by atoms with E-state index in [0.29, 0.717) is 0 Å². The van der Waals surface area contributed by atoms with Crippen molar-refractivity contribution in [2.45, 2.75) is 6.42 Å². The van der Waals surface area contributed by atoms with Gasteiger partial charge in [-0.1, -0.05) is 0 Å². The van der Waals surface area contributed by atoms with Crippen LogP contribution in [-0.2, 0) is 35.2 Å². The first-order valence-corrected chi connectivity index (χ1v) is 4.54. The number of ketones is 1. The van der Waals surface area contributed by atoms with Gasteiger partial charge < -0.3 is 0 Å². The van der Waals surface area contributed by atoms with E-state index in [1.165, 1.54) is 0 Å². The molecule has 0 unspecified atom stereocenters. The Balaban J connectivity index is 3.78. The Labute approximate surface area is 62.4 Å². The second-order valence-corrected chi connectivity index (χ2v) is 2.59. The van der Waals surface area contributed by atoms with E-state index < -0.39 is 40.9 Å². The standard InChI is InChI=1S/C4H4O3.O.Zr/c1-3(5)2-4(6)7;;/h1H,2H2,(H,6,7);;. The number of aliphatic carboxylic acids is 1. The first-order chi connectivity index (χ1) is 4.16. The molecule has 0 amide bonds. The summed E-state index contributed by atoms with van der Waals surface area (Å²) in [7, 11) is 0. The van der Waals surface area contributed by atoms with Crippen LogP contribution >= 0.6 is 0 Å². The fourth-order valence-electron chi connectivity index (χ4n) is 0.266. The maximum atomic E-state index is 10.3. The van der Waals surface area contributed by atoms with Crippen LogP contribution in [0.25, 0.3) is 0 Å². The van der Waals surface area contributed by atoms with Gasteiger partial charge in [0, 0.05) is 0 Å². The number of rotatable bonds is 3. The average molecular weight is 207 g/mol. The van der Waals surface area contributed by atoms with E-state index >= 15 is 0 Å². The van der Waals surface area contributed by atoms with Gasteiger partial charge >= 0.3 is 62.1 Å². The van der Waals surface area contributed by atoms with Crippen LogP contribution in [0.4, 0.5) is 0 Å². The molecule has 0 saturated carbocycles. The molecule has 9 heavy (non-hydrogen) atoms. The normalized spacial score (nSPS) is 7.56. The first kappa shape index (κ1) is 8.69. The quantitative estimate of drug-likeness (QED) is 0.619. The van der Waals surface area contributed by atoms with E-state index in [1.807, 2.05) is 0 Å². The first-order valence-electron chi connectivity index (χ1n) is 2.12. The Bertz CT molecular complexity index is 179. The summed E-state index contributed by atoms with van der Waals surface area (Å²) in [6, 6.07) is 0. The van der Waals surface area contributed by atoms with Crippen LogP contribution in [0.3, 0.4) is 0 Å². The Morgan fingerprint density at radius 2 is 2.11 bits per heavy atom. The molecule has 0 spiro atoms. The molecule has 0 aromatic carbocycles. The number of carboxylic acids is 1. The third-order valence-corrected chi connectivity index (χ3v) is 1.63. The predicted molar refractivity (Wildman–Crippen MR) is 24.0 cm³/mol. The molecule has 0 aromatic rings. The van der Waals surface area contributed by atoms with Crippen LogP contribution in [0.5, 0.6) is 0 Å². The molecular weight excluding hydrogens is 203 g/mol. The van der Waals surface area contributed by atoms with E-state index in [9.17, 15) is 12.4 Å². The molecule has 0 radical (unpaired) electrons. The summed E-state index contributed by atoms with van der Waals surface area (Å²) in [5.74, 6) is -1.73. The summed E-state index contributed by atoms with van der Waals surface area (Å²) in [6.45, 7) is 0. The minimum atomic E-state index is -1.89.